The van der Waals surface area contributed by atoms with Gasteiger partial charge in [0.2, 0.25) is 0 Å². The quantitative estimate of drug-likeness (QED) is 0.165. The molecule has 5 aromatic rings. The fourth-order valence-corrected chi connectivity index (χ4v) is 5.26. The molecular weight excluding hydrogens is 432 g/mol. The van der Waals surface area contributed by atoms with Crippen LogP contribution in [-0.2, 0) is 15.6 Å². The summed E-state index contributed by atoms with van der Waals surface area (Å²) in [5, 5.41) is 18.3. The summed E-state index contributed by atoms with van der Waals surface area (Å²) in [4.78, 5) is 24.1. The maximum atomic E-state index is 13.0. The third kappa shape index (κ3) is 3.83. The molecule has 178 valence electrons. The SMILES string of the molecule is CC(C)(C)c1cc2cc(C(C)(C)C)cc3c4ccc(C(=O)CCC(=O)O)c5cccc(c(c1)c23)c54. The smallest absolute Gasteiger partial charge is 0.303 e. The van der Waals surface area contributed by atoms with E-state index in [4.69, 9.17) is 5.11 Å². The molecule has 3 heteroatoms. The summed E-state index contributed by atoms with van der Waals surface area (Å²) in [6.45, 7) is 13.5. The van der Waals surface area contributed by atoms with Gasteiger partial charge in [0, 0.05) is 12.0 Å². The predicted octanol–water partition coefficient (Wildman–Crippen LogP) is 8.38. The van der Waals surface area contributed by atoms with Crippen LogP contribution in [0.15, 0.2) is 54.6 Å². The maximum Gasteiger partial charge on any atom is 0.303 e. The fraction of sp³-hybridized carbons (Fsp3) is 0.312. The standard InChI is InChI=1S/C32H32O3/c1-31(2,3)19-14-18-15-20(32(4,5)6)17-26-24-11-10-21(27(33)12-13-28(34)35)22-8-7-9-23(30(22)24)25(16-19)29(18)26/h7-11,14-17H,12-13H2,1-6H3,(H,34,35). The van der Waals surface area contributed by atoms with E-state index in [1.165, 1.54) is 32.7 Å². The number of hydrogen-bond acceptors (Lipinski definition) is 2. The lowest BCUT2D eigenvalue weighted by Crippen LogP contribution is -2.13. The zero-order valence-electron chi connectivity index (χ0n) is 21.4. The van der Waals surface area contributed by atoms with Crippen LogP contribution in [0.2, 0.25) is 0 Å². The number of fused-ring (bicyclic) bond motifs is 2. The van der Waals surface area contributed by atoms with Gasteiger partial charge in [-0.15, -0.1) is 0 Å². The van der Waals surface area contributed by atoms with E-state index in [0.29, 0.717) is 5.56 Å². The molecule has 0 atom stereocenters. The molecule has 1 N–H and O–H groups in total. The fourth-order valence-electron chi connectivity index (χ4n) is 5.26. The number of carboxylic acids is 1. The molecule has 0 radical (unpaired) electrons. The first-order valence-corrected chi connectivity index (χ1v) is 12.3. The Morgan fingerprint density at radius 1 is 0.657 bits per heavy atom. The van der Waals surface area contributed by atoms with Crippen LogP contribution in [0.25, 0.3) is 43.1 Å². The normalized spacial score (nSPS) is 12.9. The first-order valence-electron chi connectivity index (χ1n) is 12.3. The van der Waals surface area contributed by atoms with Crippen molar-refractivity contribution in [3.63, 3.8) is 0 Å². The van der Waals surface area contributed by atoms with Crippen molar-refractivity contribution in [2.45, 2.75) is 65.2 Å². The van der Waals surface area contributed by atoms with E-state index >= 15 is 0 Å². The molecule has 0 spiro atoms. The highest BCUT2D eigenvalue weighted by Gasteiger charge is 2.23. The minimum absolute atomic E-state index is 0.00250. The summed E-state index contributed by atoms with van der Waals surface area (Å²) in [7, 11) is 0. The maximum absolute atomic E-state index is 13.0. The van der Waals surface area contributed by atoms with E-state index in [2.05, 4.69) is 77.9 Å². The average Bonchev–Trinajstić information content (AvgIpc) is 2.78. The van der Waals surface area contributed by atoms with Gasteiger partial charge >= 0.3 is 5.97 Å². The number of hydrogen-bond donors (Lipinski definition) is 1. The van der Waals surface area contributed by atoms with Gasteiger partial charge in [0.15, 0.2) is 5.78 Å². The zero-order valence-corrected chi connectivity index (χ0v) is 21.4. The van der Waals surface area contributed by atoms with Crippen molar-refractivity contribution in [3.05, 3.63) is 71.3 Å². The molecule has 0 unspecified atom stereocenters. The van der Waals surface area contributed by atoms with E-state index in [1.54, 1.807) is 0 Å². The molecule has 5 aromatic carbocycles. The third-order valence-electron chi connectivity index (χ3n) is 7.27. The molecule has 35 heavy (non-hydrogen) atoms. The number of aliphatic carboxylic acids is 1. The first kappa shape index (κ1) is 23.3. The van der Waals surface area contributed by atoms with Crippen molar-refractivity contribution in [1.82, 2.24) is 0 Å². The van der Waals surface area contributed by atoms with Gasteiger partial charge in [-0.25, -0.2) is 0 Å². The van der Waals surface area contributed by atoms with Gasteiger partial charge in [0.05, 0.1) is 6.42 Å². The average molecular weight is 465 g/mol. The molecule has 0 amide bonds. The van der Waals surface area contributed by atoms with Crippen LogP contribution in [0.4, 0.5) is 0 Å². The Morgan fingerprint density at radius 3 is 1.74 bits per heavy atom. The summed E-state index contributed by atoms with van der Waals surface area (Å²) in [6, 6.07) is 19.4. The van der Waals surface area contributed by atoms with Crippen molar-refractivity contribution < 1.29 is 14.7 Å². The van der Waals surface area contributed by atoms with Crippen molar-refractivity contribution >= 4 is 54.8 Å². The molecule has 0 saturated carbocycles. The van der Waals surface area contributed by atoms with Crippen LogP contribution in [0.5, 0.6) is 0 Å². The second kappa shape index (κ2) is 7.78. The molecule has 5 rings (SSSR count). The van der Waals surface area contributed by atoms with Crippen LogP contribution < -0.4 is 0 Å². The van der Waals surface area contributed by atoms with Crippen LogP contribution in [0.3, 0.4) is 0 Å². The number of rotatable bonds is 4. The first-order chi connectivity index (χ1) is 16.4. The Bertz CT molecular complexity index is 1570. The van der Waals surface area contributed by atoms with Crippen LogP contribution in [-0.4, -0.2) is 16.9 Å². The Hall–Kier alpha value is -3.46. The topological polar surface area (TPSA) is 54.4 Å². The largest absolute Gasteiger partial charge is 0.481 e. The van der Waals surface area contributed by atoms with Crippen LogP contribution in [0, 0.1) is 0 Å². The molecule has 0 bridgehead atoms. The summed E-state index contributed by atoms with van der Waals surface area (Å²) in [5.74, 6) is -1.08. The monoisotopic (exact) mass is 464 g/mol. The van der Waals surface area contributed by atoms with Crippen LogP contribution in [0.1, 0.15) is 75.9 Å². The number of Topliss-reactive ketones (excluding diaryl/α,β-unsaturated/α-hetero) is 1. The molecule has 0 aromatic heterocycles. The summed E-state index contributed by atoms with van der Waals surface area (Å²) in [6.07, 6.45) is -0.156. The lowest BCUT2D eigenvalue weighted by atomic mass is 9.79. The molecule has 0 aliphatic heterocycles. The summed E-state index contributed by atoms with van der Waals surface area (Å²) < 4.78 is 0. The van der Waals surface area contributed by atoms with Gasteiger partial charge in [-0.3, -0.25) is 9.59 Å². The van der Waals surface area contributed by atoms with Gasteiger partial charge in [0.1, 0.15) is 0 Å². The highest BCUT2D eigenvalue weighted by Crippen LogP contribution is 2.44. The Morgan fingerprint density at radius 2 is 1.20 bits per heavy atom. The van der Waals surface area contributed by atoms with E-state index in [1.807, 2.05) is 18.2 Å². The van der Waals surface area contributed by atoms with Gasteiger partial charge in [-0.2, -0.15) is 0 Å². The van der Waals surface area contributed by atoms with Crippen molar-refractivity contribution in [2.24, 2.45) is 0 Å². The number of benzene rings is 5. The molecule has 0 aliphatic rings. The number of carbonyl (C=O) groups excluding carboxylic acids is 1. The van der Waals surface area contributed by atoms with Gasteiger partial charge in [-0.05, 0) is 77.2 Å². The Balaban J connectivity index is 1.96. The van der Waals surface area contributed by atoms with Crippen LogP contribution >= 0.6 is 0 Å². The molecule has 0 saturated heterocycles. The summed E-state index contributed by atoms with van der Waals surface area (Å²) in [5.41, 5.74) is 3.15. The zero-order chi connectivity index (χ0) is 25.3. The highest BCUT2D eigenvalue weighted by molar-refractivity contribution is 6.34. The lowest BCUT2D eigenvalue weighted by Gasteiger charge is -2.25. The minimum Gasteiger partial charge on any atom is -0.481 e. The number of carbonyl (C=O) groups is 2. The molecule has 3 nitrogen and oxygen atoms in total. The van der Waals surface area contributed by atoms with Gasteiger partial charge in [0.25, 0.3) is 0 Å². The molecule has 0 fully saturated rings. The Labute approximate surface area is 206 Å². The number of ketones is 1. The highest BCUT2D eigenvalue weighted by atomic mass is 16.4. The second-order valence-corrected chi connectivity index (χ2v) is 11.9. The summed E-state index contributed by atoms with van der Waals surface area (Å²) >= 11 is 0. The van der Waals surface area contributed by atoms with Crippen molar-refractivity contribution in [1.29, 1.82) is 0 Å². The minimum atomic E-state index is -0.953. The van der Waals surface area contributed by atoms with Gasteiger partial charge < -0.3 is 5.11 Å². The van der Waals surface area contributed by atoms with E-state index in [9.17, 15) is 9.59 Å². The lowest BCUT2D eigenvalue weighted by molar-refractivity contribution is -0.136. The van der Waals surface area contributed by atoms with E-state index in [0.717, 1.165) is 21.5 Å². The Kier molecular flexibility index (Phi) is 5.17. The number of carboxylic acid groups (broad SMARTS) is 1. The van der Waals surface area contributed by atoms with Gasteiger partial charge in [-0.1, -0.05) is 84.0 Å². The third-order valence-corrected chi connectivity index (χ3v) is 7.27. The van der Waals surface area contributed by atoms with Crippen molar-refractivity contribution in [2.75, 3.05) is 0 Å². The van der Waals surface area contributed by atoms with E-state index < -0.39 is 5.97 Å². The molecule has 0 aliphatic carbocycles. The molecular formula is C32H32O3. The second-order valence-electron chi connectivity index (χ2n) is 11.9. The van der Waals surface area contributed by atoms with Crippen molar-refractivity contribution in [3.8, 4) is 0 Å². The molecule has 0 heterocycles. The van der Waals surface area contributed by atoms with E-state index in [-0.39, 0.29) is 29.5 Å². The predicted molar refractivity (Wildman–Crippen MR) is 146 cm³/mol.